The molecule has 4 heteroatoms. The van der Waals surface area contributed by atoms with Gasteiger partial charge >= 0.3 is 0 Å². The maximum Gasteiger partial charge on any atom is 0.225 e. The summed E-state index contributed by atoms with van der Waals surface area (Å²) in [5.41, 5.74) is 1.04. The lowest BCUT2D eigenvalue weighted by Crippen LogP contribution is -2.34. The Kier molecular flexibility index (Phi) is 6.87. The number of aryl methyl sites for hydroxylation is 1. The van der Waals surface area contributed by atoms with Crippen molar-refractivity contribution in [3.63, 3.8) is 0 Å². The summed E-state index contributed by atoms with van der Waals surface area (Å²) in [6.07, 6.45) is 9.59. The Bertz CT molecular complexity index is 463. The lowest BCUT2D eigenvalue weighted by Gasteiger charge is -2.30. The Morgan fingerprint density at radius 1 is 1.32 bits per heavy atom. The van der Waals surface area contributed by atoms with Crippen molar-refractivity contribution in [2.24, 2.45) is 11.8 Å². The van der Waals surface area contributed by atoms with E-state index in [-0.39, 0.29) is 5.92 Å². The van der Waals surface area contributed by atoms with Gasteiger partial charge in [0.1, 0.15) is 0 Å². The molecule has 0 aliphatic heterocycles. The quantitative estimate of drug-likeness (QED) is 0.731. The highest BCUT2D eigenvalue weighted by Gasteiger charge is 2.28. The molecule has 3 nitrogen and oxygen atoms in total. The van der Waals surface area contributed by atoms with Gasteiger partial charge in [0.25, 0.3) is 0 Å². The second-order valence-electron chi connectivity index (χ2n) is 6.64. The lowest BCUT2D eigenvalue weighted by atomic mass is 9.79. The van der Waals surface area contributed by atoms with Crippen molar-refractivity contribution in [3.05, 3.63) is 16.1 Å². The van der Waals surface area contributed by atoms with E-state index in [1.807, 2.05) is 11.9 Å². The minimum Gasteiger partial charge on any atom is -0.340 e. The van der Waals surface area contributed by atoms with E-state index < -0.39 is 0 Å². The van der Waals surface area contributed by atoms with E-state index in [2.05, 4.69) is 24.2 Å². The Balaban J connectivity index is 1.79. The third-order valence-electron chi connectivity index (χ3n) is 4.84. The number of carbonyl (C=O) groups is 1. The van der Waals surface area contributed by atoms with Gasteiger partial charge in [0, 0.05) is 18.3 Å². The molecule has 1 heterocycles. The number of thiazole rings is 1. The molecular formula is C18H30N2OS. The van der Waals surface area contributed by atoms with Crippen LogP contribution in [-0.4, -0.2) is 22.8 Å². The molecule has 0 spiro atoms. The summed E-state index contributed by atoms with van der Waals surface area (Å²) < 4.78 is 0. The Labute approximate surface area is 139 Å². The zero-order valence-corrected chi connectivity index (χ0v) is 15.1. The third-order valence-corrected chi connectivity index (χ3v) is 5.88. The molecule has 1 aromatic rings. The largest absolute Gasteiger partial charge is 0.340 e. The van der Waals surface area contributed by atoms with Gasteiger partial charge in [-0.3, -0.25) is 4.79 Å². The van der Waals surface area contributed by atoms with Gasteiger partial charge in [-0.15, -0.1) is 11.3 Å². The standard InChI is InChI=1S/C18H30N2OS/c1-4-6-7-14-8-10-15(11-9-14)18(21)20(3)12-16-13-22-17(5-2)19-16/h13-15H,4-12H2,1-3H3. The van der Waals surface area contributed by atoms with E-state index in [9.17, 15) is 4.79 Å². The van der Waals surface area contributed by atoms with Gasteiger partial charge < -0.3 is 4.90 Å². The Morgan fingerprint density at radius 3 is 2.64 bits per heavy atom. The van der Waals surface area contributed by atoms with Crippen LogP contribution in [0.5, 0.6) is 0 Å². The highest BCUT2D eigenvalue weighted by atomic mass is 32.1. The number of amides is 1. The third kappa shape index (κ3) is 4.80. The molecule has 22 heavy (non-hydrogen) atoms. The van der Waals surface area contributed by atoms with Gasteiger partial charge in [0.05, 0.1) is 17.2 Å². The number of rotatable bonds is 7. The topological polar surface area (TPSA) is 33.2 Å². The predicted octanol–water partition coefficient (Wildman–Crippen LogP) is 4.66. The molecule has 1 aromatic heterocycles. The van der Waals surface area contributed by atoms with E-state index in [0.29, 0.717) is 12.5 Å². The van der Waals surface area contributed by atoms with E-state index in [1.165, 1.54) is 32.1 Å². The van der Waals surface area contributed by atoms with Crippen LogP contribution in [0.3, 0.4) is 0 Å². The molecule has 0 unspecified atom stereocenters. The van der Waals surface area contributed by atoms with Gasteiger partial charge in [-0.2, -0.15) is 0 Å². The van der Waals surface area contributed by atoms with Crippen molar-refractivity contribution < 1.29 is 4.79 Å². The van der Waals surface area contributed by atoms with Crippen LogP contribution in [0, 0.1) is 11.8 Å². The number of hydrogen-bond acceptors (Lipinski definition) is 3. The first-order chi connectivity index (χ1) is 10.6. The minimum absolute atomic E-state index is 0.243. The first-order valence-electron chi connectivity index (χ1n) is 8.82. The Hall–Kier alpha value is -0.900. The fourth-order valence-electron chi connectivity index (χ4n) is 3.41. The number of nitrogens with zero attached hydrogens (tertiary/aromatic N) is 2. The second kappa shape index (κ2) is 8.66. The predicted molar refractivity (Wildman–Crippen MR) is 92.9 cm³/mol. The van der Waals surface area contributed by atoms with Gasteiger partial charge in [0.2, 0.25) is 5.91 Å². The van der Waals surface area contributed by atoms with Crippen LogP contribution in [-0.2, 0) is 17.8 Å². The molecule has 2 rings (SSSR count). The molecule has 1 fully saturated rings. The van der Waals surface area contributed by atoms with Crippen molar-refractivity contribution >= 4 is 17.2 Å². The zero-order chi connectivity index (χ0) is 15.9. The summed E-state index contributed by atoms with van der Waals surface area (Å²) in [5, 5.41) is 3.25. The van der Waals surface area contributed by atoms with Crippen molar-refractivity contribution in [2.45, 2.75) is 71.8 Å². The fourth-order valence-corrected chi connectivity index (χ4v) is 4.14. The summed E-state index contributed by atoms with van der Waals surface area (Å²) in [6, 6.07) is 0. The van der Waals surface area contributed by atoms with E-state index in [4.69, 9.17) is 0 Å². The molecular weight excluding hydrogens is 292 g/mol. The average Bonchev–Trinajstić information content (AvgIpc) is 3.00. The summed E-state index contributed by atoms with van der Waals surface area (Å²) in [7, 11) is 1.93. The molecule has 0 radical (unpaired) electrons. The van der Waals surface area contributed by atoms with Gasteiger partial charge in [0.15, 0.2) is 0 Å². The first-order valence-corrected chi connectivity index (χ1v) is 9.70. The Morgan fingerprint density at radius 2 is 2.05 bits per heavy atom. The van der Waals surface area contributed by atoms with E-state index in [1.54, 1.807) is 11.3 Å². The lowest BCUT2D eigenvalue weighted by molar-refractivity contribution is -0.136. The van der Waals surface area contributed by atoms with Crippen LogP contribution >= 0.6 is 11.3 Å². The highest BCUT2D eigenvalue weighted by molar-refractivity contribution is 7.09. The normalized spacial score (nSPS) is 21.8. The zero-order valence-electron chi connectivity index (χ0n) is 14.3. The van der Waals surface area contributed by atoms with Gasteiger partial charge in [-0.25, -0.2) is 4.98 Å². The van der Waals surface area contributed by atoms with Crippen molar-refractivity contribution in [2.75, 3.05) is 7.05 Å². The first kappa shape index (κ1) is 17.5. The molecule has 0 bridgehead atoms. The van der Waals surface area contributed by atoms with Crippen molar-refractivity contribution in [1.82, 2.24) is 9.88 Å². The van der Waals surface area contributed by atoms with Crippen LogP contribution in [0.1, 0.15) is 69.5 Å². The average molecular weight is 323 g/mol. The highest BCUT2D eigenvalue weighted by Crippen LogP contribution is 2.32. The number of aromatic nitrogens is 1. The van der Waals surface area contributed by atoms with E-state index in [0.717, 1.165) is 35.9 Å². The number of carbonyl (C=O) groups excluding carboxylic acids is 1. The molecule has 1 aliphatic carbocycles. The summed E-state index contributed by atoms with van der Waals surface area (Å²) in [5.74, 6) is 1.42. The van der Waals surface area contributed by atoms with Crippen LogP contribution in [0.25, 0.3) is 0 Å². The second-order valence-corrected chi connectivity index (χ2v) is 7.58. The van der Waals surface area contributed by atoms with Gasteiger partial charge in [-0.1, -0.05) is 33.1 Å². The SMILES string of the molecule is CCCCC1CCC(C(=O)N(C)Cc2csc(CC)n2)CC1. The maximum absolute atomic E-state index is 12.6. The van der Waals surface area contributed by atoms with Crippen molar-refractivity contribution in [1.29, 1.82) is 0 Å². The van der Waals surface area contributed by atoms with Gasteiger partial charge in [-0.05, 0) is 38.0 Å². The summed E-state index contributed by atoms with van der Waals surface area (Å²) >= 11 is 1.70. The molecule has 0 saturated heterocycles. The van der Waals surface area contributed by atoms with Crippen LogP contribution in [0.4, 0.5) is 0 Å². The molecule has 0 N–H and O–H groups in total. The molecule has 0 aromatic carbocycles. The monoisotopic (exact) mass is 322 g/mol. The van der Waals surface area contributed by atoms with Crippen LogP contribution in [0.2, 0.25) is 0 Å². The summed E-state index contributed by atoms with van der Waals surface area (Å²) in [6.45, 7) is 5.03. The maximum atomic E-state index is 12.6. The summed E-state index contributed by atoms with van der Waals surface area (Å²) in [4.78, 5) is 19.0. The fraction of sp³-hybridized carbons (Fsp3) is 0.778. The molecule has 1 amide bonds. The van der Waals surface area contributed by atoms with Crippen molar-refractivity contribution in [3.8, 4) is 0 Å². The number of unbranched alkanes of at least 4 members (excludes halogenated alkanes) is 1. The molecule has 124 valence electrons. The molecule has 1 saturated carbocycles. The molecule has 1 aliphatic rings. The molecule has 0 atom stereocenters. The van der Waals surface area contributed by atoms with E-state index >= 15 is 0 Å². The smallest absolute Gasteiger partial charge is 0.225 e. The number of hydrogen-bond donors (Lipinski definition) is 0. The minimum atomic E-state index is 0.243. The van der Waals surface area contributed by atoms with Crippen LogP contribution in [0.15, 0.2) is 5.38 Å². The van der Waals surface area contributed by atoms with Crippen LogP contribution < -0.4 is 0 Å².